The Morgan fingerprint density at radius 1 is 1.14 bits per heavy atom. The van der Waals surface area contributed by atoms with Gasteiger partial charge in [0, 0.05) is 37.3 Å². The van der Waals surface area contributed by atoms with E-state index in [2.05, 4.69) is 5.10 Å². The molecule has 1 amide bonds. The van der Waals surface area contributed by atoms with E-state index in [1.165, 1.54) is 12.1 Å². The lowest BCUT2D eigenvalue weighted by atomic mass is 9.99. The number of aryl methyl sites for hydroxylation is 1. The molecule has 8 nitrogen and oxygen atoms in total. The van der Waals surface area contributed by atoms with Crippen LogP contribution in [-0.4, -0.2) is 61.2 Å². The van der Waals surface area contributed by atoms with Gasteiger partial charge in [-0.15, -0.1) is 0 Å². The fraction of sp³-hybridized carbons (Fsp3) is 0.321. The highest BCUT2D eigenvalue weighted by Crippen LogP contribution is 2.38. The van der Waals surface area contributed by atoms with Crippen molar-refractivity contribution in [2.45, 2.75) is 31.9 Å². The number of nitrogens with zero attached hydrogens (tertiary/aromatic N) is 5. The standard InChI is InChI=1S/C28H28FN5O3/c1-32-15-21-11-19(7-8-25(21)31-32)27-23(18-5-6-20(14-30)24(29)12-18)13-26(34(27)16-22(36)17-35)28(37)33-9-3-2-4-10-33/h5-8,11-13,15,22,35-36H,2-4,9-10,16-17H2,1H3/t22-/m1/s1. The van der Waals surface area contributed by atoms with Gasteiger partial charge in [-0.05, 0) is 60.7 Å². The monoisotopic (exact) mass is 501 g/mol. The minimum Gasteiger partial charge on any atom is -0.394 e. The first-order valence-electron chi connectivity index (χ1n) is 12.3. The Balaban J connectivity index is 1.76. The van der Waals surface area contributed by atoms with Crippen molar-refractivity contribution >= 4 is 16.8 Å². The molecule has 0 saturated carbocycles. The summed E-state index contributed by atoms with van der Waals surface area (Å²) in [6, 6.07) is 13.6. The van der Waals surface area contributed by atoms with E-state index in [1.807, 2.05) is 37.5 Å². The number of aromatic nitrogens is 3. The third kappa shape index (κ3) is 4.73. The summed E-state index contributed by atoms with van der Waals surface area (Å²) < 4.78 is 18.2. The summed E-state index contributed by atoms with van der Waals surface area (Å²) in [5.74, 6) is -0.824. The number of aliphatic hydroxyl groups excluding tert-OH is 2. The molecule has 5 rings (SSSR count). The molecule has 1 atom stereocenters. The molecule has 3 heterocycles. The predicted molar refractivity (Wildman–Crippen MR) is 137 cm³/mol. The number of amides is 1. The average molecular weight is 502 g/mol. The molecule has 4 aromatic rings. The Bertz CT molecular complexity index is 1510. The Morgan fingerprint density at radius 3 is 2.59 bits per heavy atom. The van der Waals surface area contributed by atoms with Gasteiger partial charge < -0.3 is 19.7 Å². The molecule has 0 aliphatic carbocycles. The fourth-order valence-corrected chi connectivity index (χ4v) is 5.04. The molecule has 0 bridgehead atoms. The van der Waals surface area contributed by atoms with Gasteiger partial charge in [-0.3, -0.25) is 9.48 Å². The summed E-state index contributed by atoms with van der Waals surface area (Å²) in [5, 5.41) is 34.6. The van der Waals surface area contributed by atoms with Gasteiger partial charge in [-0.25, -0.2) is 4.39 Å². The molecular formula is C28H28FN5O3. The highest BCUT2D eigenvalue weighted by atomic mass is 19.1. The minimum atomic E-state index is -1.10. The number of hydrogen-bond acceptors (Lipinski definition) is 5. The molecule has 1 aliphatic heterocycles. The number of carbonyl (C=O) groups excluding carboxylic acids is 1. The Kier molecular flexibility index (Phi) is 6.78. The third-order valence-electron chi connectivity index (χ3n) is 6.86. The van der Waals surface area contributed by atoms with Crippen molar-refractivity contribution in [1.29, 1.82) is 5.26 Å². The number of piperidine rings is 1. The first kappa shape index (κ1) is 24.7. The molecular weight excluding hydrogens is 473 g/mol. The van der Waals surface area contributed by atoms with Crippen LogP contribution in [-0.2, 0) is 13.6 Å². The van der Waals surface area contributed by atoms with Crippen molar-refractivity contribution in [1.82, 2.24) is 19.2 Å². The topological polar surface area (TPSA) is 107 Å². The Morgan fingerprint density at radius 2 is 1.89 bits per heavy atom. The molecule has 0 radical (unpaired) electrons. The zero-order valence-electron chi connectivity index (χ0n) is 20.6. The van der Waals surface area contributed by atoms with Gasteiger partial charge in [0.2, 0.25) is 0 Å². The third-order valence-corrected chi connectivity index (χ3v) is 6.86. The van der Waals surface area contributed by atoms with Crippen molar-refractivity contribution in [2.75, 3.05) is 19.7 Å². The van der Waals surface area contributed by atoms with Crippen LogP contribution in [0.5, 0.6) is 0 Å². The van der Waals surface area contributed by atoms with Crippen LogP contribution in [0.1, 0.15) is 35.3 Å². The summed E-state index contributed by atoms with van der Waals surface area (Å²) in [6.45, 7) is 0.788. The van der Waals surface area contributed by atoms with Gasteiger partial charge in [0.25, 0.3) is 5.91 Å². The molecule has 1 aliphatic rings. The van der Waals surface area contributed by atoms with E-state index in [4.69, 9.17) is 0 Å². The van der Waals surface area contributed by atoms with Gasteiger partial charge in [-0.1, -0.05) is 12.1 Å². The van der Waals surface area contributed by atoms with Crippen LogP contribution in [0.2, 0.25) is 0 Å². The maximum absolute atomic E-state index is 14.7. The Hall–Kier alpha value is -4.00. The van der Waals surface area contributed by atoms with Gasteiger partial charge >= 0.3 is 0 Å². The predicted octanol–water partition coefficient (Wildman–Crippen LogP) is 3.70. The van der Waals surface area contributed by atoms with Crippen LogP contribution in [0.3, 0.4) is 0 Å². The molecule has 9 heteroatoms. The molecule has 37 heavy (non-hydrogen) atoms. The number of likely N-dealkylation sites (tertiary alicyclic amines) is 1. The lowest BCUT2D eigenvalue weighted by molar-refractivity contribution is 0.0680. The highest BCUT2D eigenvalue weighted by Gasteiger charge is 2.28. The molecule has 1 saturated heterocycles. The number of halogens is 1. The van der Waals surface area contributed by atoms with E-state index in [0.29, 0.717) is 35.6 Å². The van der Waals surface area contributed by atoms with Crippen molar-refractivity contribution < 1.29 is 19.4 Å². The summed E-state index contributed by atoms with van der Waals surface area (Å²) in [4.78, 5) is 15.5. The zero-order valence-corrected chi connectivity index (χ0v) is 20.6. The van der Waals surface area contributed by atoms with Gasteiger partial charge in [0.15, 0.2) is 0 Å². The second kappa shape index (κ2) is 10.2. The smallest absolute Gasteiger partial charge is 0.270 e. The lowest BCUT2D eigenvalue weighted by Gasteiger charge is -2.27. The number of hydrogen-bond donors (Lipinski definition) is 2. The summed E-state index contributed by atoms with van der Waals surface area (Å²) >= 11 is 0. The van der Waals surface area contributed by atoms with E-state index in [1.54, 1.807) is 26.3 Å². The van der Waals surface area contributed by atoms with Crippen LogP contribution in [0.15, 0.2) is 48.7 Å². The van der Waals surface area contributed by atoms with E-state index in [9.17, 15) is 24.7 Å². The van der Waals surface area contributed by atoms with Crippen molar-refractivity contribution in [3.8, 4) is 28.5 Å². The van der Waals surface area contributed by atoms with E-state index in [0.717, 1.165) is 35.7 Å². The van der Waals surface area contributed by atoms with Crippen LogP contribution in [0.4, 0.5) is 4.39 Å². The zero-order chi connectivity index (χ0) is 26.1. The quantitative estimate of drug-likeness (QED) is 0.419. The van der Waals surface area contributed by atoms with E-state index >= 15 is 0 Å². The fourth-order valence-electron chi connectivity index (χ4n) is 5.04. The average Bonchev–Trinajstić information content (AvgIpc) is 3.47. The van der Waals surface area contributed by atoms with Crippen LogP contribution < -0.4 is 0 Å². The van der Waals surface area contributed by atoms with Crippen molar-refractivity contribution in [2.24, 2.45) is 7.05 Å². The summed E-state index contributed by atoms with van der Waals surface area (Å²) in [5.41, 5.74) is 3.55. The molecule has 0 spiro atoms. The summed E-state index contributed by atoms with van der Waals surface area (Å²) in [7, 11) is 1.83. The maximum atomic E-state index is 14.7. The second-order valence-electron chi connectivity index (χ2n) is 9.47. The van der Waals surface area contributed by atoms with Gasteiger partial charge in [0.05, 0.1) is 36.0 Å². The number of fused-ring (bicyclic) bond motifs is 1. The maximum Gasteiger partial charge on any atom is 0.270 e. The van der Waals surface area contributed by atoms with Crippen LogP contribution in [0, 0.1) is 17.1 Å². The van der Waals surface area contributed by atoms with E-state index < -0.39 is 18.5 Å². The largest absolute Gasteiger partial charge is 0.394 e. The highest BCUT2D eigenvalue weighted by molar-refractivity contribution is 5.98. The SMILES string of the molecule is Cn1cc2cc(-c3c(-c4ccc(C#N)c(F)c4)cc(C(=O)N4CCCCC4)n3C[C@@H](O)CO)ccc2n1. The minimum absolute atomic E-state index is 0.0232. The Labute approximate surface area is 213 Å². The van der Waals surface area contributed by atoms with Gasteiger partial charge in [-0.2, -0.15) is 10.4 Å². The van der Waals surface area contributed by atoms with Crippen molar-refractivity contribution in [3.05, 3.63) is 65.7 Å². The first-order chi connectivity index (χ1) is 17.9. The molecule has 2 aromatic carbocycles. The molecule has 0 unspecified atom stereocenters. The molecule has 2 aromatic heterocycles. The summed E-state index contributed by atoms with van der Waals surface area (Å²) in [6.07, 6.45) is 3.69. The number of benzene rings is 2. The first-order valence-corrected chi connectivity index (χ1v) is 12.3. The van der Waals surface area contributed by atoms with E-state index in [-0.39, 0.29) is 18.0 Å². The molecule has 190 valence electrons. The van der Waals surface area contributed by atoms with Crippen LogP contribution >= 0.6 is 0 Å². The number of aliphatic hydroxyl groups is 2. The second-order valence-corrected chi connectivity index (χ2v) is 9.47. The normalized spacial score (nSPS) is 14.6. The van der Waals surface area contributed by atoms with Crippen molar-refractivity contribution in [3.63, 3.8) is 0 Å². The van der Waals surface area contributed by atoms with Crippen LogP contribution in [0.25, 0.3) is 33.3 Å². The lowest BCUT2D eigenvalue weighted by Crippen LogP contribution is -2.37. The number of nitriles is 1. The molecule has 2 N–H and O–H groups in total. The van der Waals surface area contributed by atoms with Gasteiger partial charge in [0.1, 0.15) is 17.6 Å². The number of rotatable bonds is 6. The molecule has 1 fully saturated rings. The number of carbonyl (C=O) groups is 1.